The first kappa shape index (κ1) is 17.6. The van der Waals surface area contributed by atoms with E-state index in [1.807, 2.05) is 28.9 Å². The van der Waals surface area contributed by atoms with E-state index in [1.165, 1.54) is 0 Å². The van der Waals surface area contributed by atoms with E-state index >= 15 is 0 Å². The molecule has 0 aliphatic carbocycles. The van der Waals surface area contributed by atoms with Gasteiger partial charge < -0.3 is 19.5 Å². The average molecular weight is 368 g/mol. The number of phenolic OH excluding ortho intramolecular Hbond substituents is 1. The Kier molecular flexibility index (Phi) is 4.59. The highest BCUT2D eigenvalue weighted by atomic mass is 16.3. The van der Waals surface area contributed by atoms with Crippen LogP contribution >= 0.6 is 0 Å². The zero-order valence-electron chi connectivity index (χ0n) is 15.4. The number of imidazole rings is 1. The highest BCUT2D eigenvalue weighted by molar-refractivity contribution is 6.00. The molecule has 1 aromatic heterocycles. The summed E-state index contributed by atoms with van der Waals surface area (Å²) >= 11 is 0. The number of anilines is 1. The van der Waals surface area contributed by atoms with Crippen molar-refractivity contribution in [2.24, 2.45) is 13.0 Å². The van der Waals surface area contributed by atoms with Gasteiger partial charge in [-0.3, -0.25) is 9.59 Å². The number of aryl methyl sites for hydroxylation is 1. The third-order valence-electron chi connectivity index (χ3n) is 5.65. The Bertz CT molecular complexity index is 854. The maximum atomic E-state index is 12.9. The fraction of sp³-hybridized carbons (Fsp3) is 0.450. The molecule has 3 heterocycles. The summed E-state index contributed by atoms with van der Waals surface area (Å²) in [5.41, 5.74) is 0.642. The van der Waals surface area contributed by atoms with Gasteiger partial charge in [0, 0.05) is 63.2 Å². The van der Waals surface area contributed by atoms with E-state index in [-0.39, 0.29) is 29.9 Å². The number of hydrogen-bond acceptors (Lipinski definition) is 4. The molecule has 0 spiro atoms. The van der Waals surface area contributed by atoms with Crippen LogP contribution in [0.3, 0.4) is 0 Å². The molecule has 2 amide bonds. The first-order valence-electron chi connectivity index (χ1n) is 9.38. The molecular weight excluding hydrogens is 344 g/mol. The number of likely N-dealkylation sites (tertiary alicyclic amines) is 1. The van der Waals surface area contributed by atoms with Gasteiger partial charge in [-0.2, -0.15) is 0 Å². The molecule has 0 saturated carbocycles. The van der Waals surface area contributed by atoms with Crippen LogP contribution in [0.2, 0.25) is 0 Å². The maximum absolute atomic E-state index is 12.9. The van der Waals surface area contributed by atoms with Gasteiger partial charge in [0.25, 0.3) is 0 Å². The molecule has 2 aliphatic heterocycles. The summed E-state index contributed by atoms with van der Waals surface area (Å²) in [5.74, 6) is 1.25. The van der Waals surface area contributed by atoms with Crippen molar-refractivity contribution in [2.45, 2.75) is 25.2 Å². The number of aromatic nitrogens is 2. The van der Waals surface area contributed by atoms with Crippen LogP contribution in [0.4, 0.5) is 5.69 Å². The fourth-order valence-electron chi connectivity index (χ4n) is 4.17. The minimum absolute atomic E-state index is 0.0595. The Labute approximate surface area is 158 Å². The number of piperidine rings is 1. The quantitative estimate of drug-likeness (QED) is 0.897. The van der Waals surface area contributed by atoms with E-state index in [1.54, 1.807) is 29.2 Å². The van der Waals surface area contributed by atoms with Crippen molar-refractivity contribution < 1.29 is 14.7 Å². The van der Waals surface area contributed by atoms with E-state index in [0.717, 1.165) is 18.7 Å². The molecule has 2 aliphatic rings. The molecule has 1 N–H and O–H groups in total. The molecule has 2 saturated heterocycles. The highest BCUT2D eigenvalue weighted by Crippen LogP contribution is 2.31. The van der Waals surface area contributed by atoms with Gasteiger partial charge in [-0.05, 0) is 25.0 Å². The van der Waals surface area contributed by atoms with Crippen LogP contribution < -0.4 is 4.90 Å². The predicted octanol–water partition coefficient (Wildman–Crippen LogP) is 1.88. The number of rotatable bonds is 3. The van der Waals surface area contributed by atoms with E-state index < -0.39 is 0 Å². The number of amides is 2. The van der Waals surface area contributed by atoms with Crippen LogP contribution in [0.25, 0.3) is 0 Å². The number of carbonyl (C=O) groups is 2. The van der Waals surface area contributed by atoms with E-state index in [2.05, 4.69) is 4.98 Å². The molecule has 1 atom stereocenters. The topological polar surface area (TPSA) is 78.7 Å². The summed E-state index contributed by atoms with van der Waals surface area (Å²) in [4.78, 5) is 33.2. The Hall–Kier alpha value is -2.83. The fourth-order valence-corrected chi connectivity index (χ4v) is 4.17. The van der Waals surface area contributed by atoms with Gasteiger partial charge in [-0.1, -0.05) is 6.07 Å². The third kappa shape index (κ3) is 3.41. The summed E-state index contributed by atoms with van der Waals surface area (Å²) in [6, 6.07) is 6.61. The lowest BCUT2D eigenvalue weighted by Gasteiger charge is -2.33. The molecular formula is C20H24N4O3. The number of phenols is 1. The van der Waals surface area contributed by atoms with Crippen LogP contribution in [-0.2, 0) is 16.6 Å². The summed E-state index contributed by atoms with van der Waals surface area (Å²) in [7, 11) is 2.00. The van der Waals surface area contributed by atoms with E-state index in [4.69, 9.17) is 0 Å². The molecule has 4 rings (SSSR count). The molecule has 2 aromatic rings. The maximum Gasteiger partial charge on any atom is 0.228 e. The lowest BCUT2D eigenvalue weighted by atomic mass is 9.94. The largest absolute Gasteiger partial charge is 0.508 e. The summed E-state index contributed by atoms with van der Waals surface area (Å²) in [6.45, 7) is 1.78. The van der Waals surface area contributed by atoms with Gasteiger partial charge in [0.1, 0.15) is 11.6 Å². The van der Waals surface area contributed by atoms with Gasteiger partial charge in [0.05, 0.1) is 5.92 Å². The van der Waals surface area contributed by atoms with E-state index in [0.29, 0.717) is 31.2 Å². The lowest BCUT2D eigenvalue weighted by Crippen LogP contribution is -2.42. The highest BCUT2D eigenvalue weighted by Gasteiger charge is 2.38. The molecule has 142 valence electrons. The van der Waals surface area contributed by atoms with Crippen molar-refractivity contribution in [3.05, 3.63) is 42.5 Å². The Morgan fingerprint density at radius 2 is 2.04 bits per heavy atom. The standard InChI is InChI=1S/C20H24N4O3/c1-22-10-7-21-19(22)14-5-8-23(9-6-14)20(27)15-11-18(26)24(13-15)16-3-2-4-17(25)12-16/h2-4,7,10,12,14-15,25H,5-6,8-9,11,13H2,1H3. The number of benzene rings is 1. The van der Waals surface area contributed by atoms with Crippen LogP contribution in [0.5, 0.6) is 5.75 Å². The number of nitrogens with zero attached hydrogens (tertiary/aromatic N) is 4. The number of carbonyl (C=O) groups excluding carboxylic acids is 2. The molecule has 7 heteroatoms. The number of hydrogen-bond donors (Lipinski definition) is 1. The number of aromatic hydroxyl groups is 1. The van der Waals surface area contributed by atoms with Gasteiger partial charge in [0.2, 0.25) is 11.8 Å². The Morgan fingerprint density at radius 3 is 2.70 bits per heavy atom. The lowest BCUT2D eigenvalue weighted by molar-refractivity contribution is -0.136. The van der Waals surface area contributed by atoms with E-state index in [9.17, 15) is 14.7 Å². The van der Waals surface area contributed by atoms with Crippen LogP contribution in [0.1, 0.15) is 31.0 Å². The third-order valence-corrected chi connectivity index (χ3v) is 5.65. The first-order valence-corrected chi connectivity index (χ1v) is 9.38. The van der Waals surface area contributed by atoms with Gasteiger partial charge in [0.15, 0.2) is 0 Å². The van der Waals surface area contributed by atoms with Gasteiger partial charge in [-0.15, -0.1) is 0 Å². The van der Waals surface area contributed by atoms with Crippen LogP contribution in [-0.4, -0.2) is 51.0 Å². The summed E-state index contributed by atoms with van der Waals surface area (Å²) in [6.07, 6.45) is 5.79. The van der Waals surface area contributed by atoms with Crippen molar-refractivity contribution in [1.82, 2.24) is 14.5 Å². The van der Waals surface area contributed by atoms with Gasteiger partial charge in [-0.25, -0.2) is 4.98 Å². The van der Waals surface area contributed by atoms with Gasteiger partial charge >= 0.3 is 0 Å². The minimum Gasteiger partial charge on any atom is -0.508 e. The SMILES string of the molecule is Cn1ccnc1C1CCN(C(=O)C2CC(=O)N(c3cccc(O)c3)C2)CC1. The monoisotopic (exact) mass is 368 g/mol. The molecule has 0 bridgehead atoms. The zero-order valence-corrected chi connectivity index (χ0v) is 15.4. The second kappa shape index (κ2) is 7.06. The Balaban J connectivity index is 1.38. The van der Waals surface area contributed by atoms with Crippen molar-refractivity contribution in [3.63, 3.8) is 0 Å². The predicted molar refractivity (Wildman–Crippen MR) is 100 cm³/mol. The summed E-state index contributed by atoms with van der Waals surface area (Å²) in [5, 5.41) is 9.64. The minimum atomic E-state index is -0.315. The van der Waals surface area contributed by atoms with Crippen molar-refractivity contribution in [1.29, 1.82) is 0 Å². The smallest absolute Gasteiger partial charge is 0.228 e. The molecule has 7 nitrogen and oxygen atoms in total. The molecule has 2 fully saturated rings. The molecule has 1 aromatic carbocycles. The van der Waals surface area contributed by atoms with Crippen LogP contribution in [0.15, 0.2) is 36.7 Å². The van der Waals surface area contributed by atoms with Crippen molar-refractivity contribution in [2.75, 3.05) is 24.5 Å². The summed E-state index contributed by atoms with van der Waals surface area (Å²) < 4.78 is 2.05. The molecule has 27 heavy (non-hydrogen) atoms. The van der Waals surface area contributed by atoms with Crippen LogP contribution in [0, 0.1) is 5.92 Å². The Morgan fingerprint density at radius 1 is 1.26 bits per heavy atom. The normalized spacial score (nSPS) is 21.1. The zero-order chi connectivity index (χ0) is 19.0. The molecule has 0 radical (unpaired) electrons. The average Bonchev–Trinajstić information content (AvgIpc) is 3.27. The van der Waals surface area contributed by atoms with Crippen molar-refractivity contribution >= 4 is 17.5 Å². The second-order valence-electron chi connectivity index (χ2n) is 7.42. The first-order chi connectivity index (χ1) is 13.0. The molecule has 1 unspecified atom stereocenters. The van der Waals surface area contributed by atoms with Crippen molar-refractivity contribution in [3.8, 4) is 5.75 Å². The second-order valence-corrected chi connectivity index (χ2v) is 7.42.